The second kappa shape index (κ2) is 13.2. The molecule has 1 aliphatic heterocycles. The van der Waals surface area contributed by atoms with Gasteiger partial charge in [-0.05, 0) is 38.8 Å². The first kappa shape index (κ1) is 23.0. The Kier molecular flexibility index (Phi) is 11.7. The van der Waals surface area contributed by atoms with Crippen LogP contribution in [0.4, 0.5) is 0 Å². The van der Waals surface area contributed by atoms with E-state index < -0.39 is 0 Å². The van der Waals surface area contributed by atoms with Gasteiger partial charge in [0.25, 0.3) is 0 Å². The van der Waals surface area contributed by atoms with Crippen molar-refractivity contribution < 1.29 is 9.47 Å². The molecule has 2 rings (SSSR count). The van der Waals surface area contributed by atoms with Crippen molar-refractivity contribution in [2.45, 2.75) is 33.6 Å². The zero-order valence-electron chi connectivity index (χ0n) is 16.4. The lowest BCUT2D eigenvalue weighted by molar-refractivity contribution is 0.114. The van der Waals surface area contributed by atoms with Gasteiger partial charge in [0.05, 0.1) is 13.2 Å². The molecule has 26 heavy (non-hydrogen) atoms. The average Bonchev–Trinajstić information content (AvgIpc) is 3.09. The van der Waals surface area contributed by atoms with Gasteiger partial charge in [0, 0.05) is 45.1 Å². The van der Waals surface area contributed by atoms with E-state index in [-0.39, 0.29) is 24.0 Å². The van der Waals surface area contributed by atoms with E-state index in [1.54, 1.807) is 0 Å². The number of aryl methyl sites for hydroxylation is 1. The van der Waals surface area contributed by atoms with Crippen molar-refractivity contribution >= 4 is 29.9 Å². The van der Waals surface area contributed by atoms with Crippen molar-refractivity contribution in [1.82, 2.24) is 10.2 Å². The maximum Gasteiger partial charge on any atom is 0.193 e. The number of para-hydroxylation sites is 1. The number of guanidine groups is 1. The summed E-state index contributed by atoms with van der Waals surface area (Å²) in [4.78, 5) is 7.13. The Hall–Kier alpha value is -1.02. The molecule has 5 nitrogen and oxygen atoms in total. The number of rotatable bonds is 9. The van der Waals surface area contributed by atoms with E-state index in [0.717, 1.165) is 57.5 Å². The summed E-state index contributed by atoms with van der Waals surface area (Å²) >= 11 is 0. The zero-order chi connectivity index (χ0) is 17.9. The maximum absolute atomic E-state index is 5.85. The van der Waals surface area contributed by atoms with Gasteiger partial charge in [-0.25, -0.2) is 0 Å². The van der Waals surface area contributed by atoms with E-state index >= 15 is 0 Å². The summed E-state index contributed by atoms with van der Waals surface area (Å²) in [5.41, 5.74) is 1.18. The summed E-state index contributed by atoms with van der Waals surface area (Å²) < 4.78 is 11.4. The fourth-order valence-electron chi connectivity index (χ4n) is 3.02. The van der Waals surface area contributed by atoms with Crippen LogP contribution in [0.2, 0.25) is 0 Å². The van der Waals surface area contributed by atoms with Crippen LogP contribution in [0.5, 0.6) is 5.75 Å². The van der Waals surface area contributed by atoms with Crippen LogP contribution >= 0.6 is 24.0 Å². The smallest absolute Gasteiger partial charge is 0.193 e. The first-order valence-corrected chi connectivity index (χ1v) is 9.54. The lowest BCUT2D eigenvalue weighted by Gasteiger charge is -2.21. The molecule has 1 aromatic carbocycles. The lowest BCUT2D eigenvalue weighted by atomic mass is 10.1. The van der Waals surface area contributed by atoms with Crippen molar-refractivity contribution in [3.8, 4) is 5.75 Å². The van der Waals surface area contributed by atoms with Crippen molar-refractivity contribution in [2.75, 3.05) is 46.0 Å². The summed E-state index contributed by atoms with van der Waals surface area (Å²) in [5, 5.41) is 3.41. The highest BCUT2D eigenvalue weighted by atomic mass is 127. The number of aliphatic imine (C=N–C) groups is 1. The Morgan fingerprint density at radius 2 is 2.12 bits per heavy atom. The molecule has 0 radical (unpaired) electrons. The highest BCUT2D eigenvalue weighted by Crippen LogP contribution is 2.17. The number of likely N-dealkylation sites (tertiary alicyclic amines) is 1. The SMILES string of the molecule is CCNC(=NCCCOc1ccccc1C)N1CCC(COCC)C1.I. The predicted octanol–water partition coefficient (Wildman–Crippen LogP) is 3.71. The molecule has 0 bridgehead atoms. The molecule has 1 aromatic rings. The van der Waals surface area contributed by atoms with Crippen LogP contribution in [0, 0.1) is 12.8 Å². The molecular formula is C20H34IN3O2. The highest BCUT2D eigenvalue weighted by Gasteiger charge is 2.24. The minimum atomic E-state index is 0. The number of hydrogen-bond donors (Lipinski definition) is 1. The van der Waals surface area contributed by atoms with Crippen LogP contribution in [-0.2, 0) is 4.74 Å². The van der Waals surface area contributed by atoms with Gasteiger partial charge in [0.1, 0.15) is 5.75 Å². The molecule has 0 amide bonds. The summed E-state index contributed by atoms with van der Waals surface area (Å²) in [7, 11) is 0. The van der Waals surface area contributed by atoms with Gasteiger partial charge in [-0.1, -0.05) is 18.2 Å². The number of nitrogens with zero attached hydrogens (tertiary/aromatic N) is 2. The van der Waals surface area contributed by atoms with Crippen LogP contribution in [0.25, 0.3) is 0 Å². The average molecular weight is 475 g/mol. The fourth-order valence-corrected chi connectivity index (χ4v) is 3.02. The Morgan fingerprint density at radius 1 is 1.31 bits per heavy atom. The minimum absolute atomic E-state index is 0. The summed E-state index contributed by atoms with van der Waals surface area (Å²) in [6.45, 7) is 12.4. The molecule has 1 heterocycles. The zero-order valence-corrected chi connectivity index (χ0v) is 18.7. The van der Waals surface area contributed by atoms with Crippen LogP contribution in [0.3, 0.4) is 0 Å². The van der Waals surface area contributed by atoms with E-state index in [9.17, 15) is 0 Å². The third-order valence-electron chi connectivity index (χ3n) is 4.39. The molecule has 0 spiro atoms. The van der Waals surface area contributed by atoms with Crippen molar-refractivity contribution in [3.63, 3.8) is 0 Å². The summed E-state index contributed by atoms with van der Waals surface area (Å²) in [5.74, 6) is 2.61. The van der Waals surface area contributed by atoms with Crippen LogP contribution in [0.1, 0.15) is 32.3 Å². The first-order valence-electron chi connectivity index (χ1n) is 9.54. The Balaban J connectivity index is 0.00000338. The molecule has 1 fully saturated rings. The quantitative estimate of drug-likeness (QED) is 0.256. The number of hydrogen-bond acceptors (Lipinski definition) is 3. The molecule has 1 atom stereocenters. The number of benzene rings is 1. The minimum Gasteiger partial charge on any atom is -0.493 e. The highest BCUT2D eigenvalue weighted by molar-refractivity contribution is 14.0. The van der Waals surface area contributed by atoms with Crippen molar-refractivity contribution in [2.24, 2.45) is 10.9 Å². The molecule has 0 aliphatic carbocycles. The van der Waals surface area contributed by atoms with Gasteiger partial charge in [0.15, 0.2) is 5.96 Å². The number of nitrogens with one attached hydrogen (secondary N) is 1. The summed E-state index contributed by atoms with van der Waals surface area (Å²) in [6, 6.07) is 8.13. The van der Waals surface area contributed by atoms with Crippen LogP contribution in [-0.4, -0.2) is 56.9 Å². The molecule has 1 aliphatic rings. The van der Waals surface area contributed by atoms with Gasteiger partial charge in [-0.15, -0.1) is 24.0 Å². The Labute approximate surface area is 175 Å². The van der Waals surface area contributed by atoms with Gasteiger partial charge >= 0.3 is 0 Å². The topological polar surface area (TPSA) is 46.1 Å². The molecule has 1 N–H and O–H groups in total. The second-order valence-electron chi connectivity index (χ2n) is 6.46. The lowest BCUT2D eigenvalue weighted by Crippen LogP contribution is -2.40. The van der Waals surface area contributed by atoms with E-state index in [2.05, 4.69) is 37.1 Å². The molecular weight excluding hydrogens is 441 g/mol. The van der Waals surface area contributed by atoms with E-state index in [4.69, 9.17) is 14.5 Å². The molecule has 1 unspecified atom stereocenters. The largest absolute Gasteiger partial charge is 0.493 e. The van der Waals surface area contributed by atoms with Gasteiger partial charge in [0.2, 0.25) is 0 Å². The predicted molar refractivity (Wildman–Crippen MR) is 119 cm³/mol. The normalized spacial score (nSPS) is 17.1. The second-order valence-corrected chi connectivity index (χ2v) is 6.46. The van der Waals surface area contributed by atoms with E-state index in [0.29, 0.717) is 12.5 Å². The third kappa shape index (κ3) is 7.70. The van der Waals surface area contributed by atoms with E-state index in [1.807, 2.05) is 18.2 Å². The summed E-state index contributed by atoms with van der Waals surface area (Å²) in [6.07, 6.45) is 2.10. The van der Waals surface area contributed by atoms with Gasteiger partial charge in [-0.2, -0.15) is 0 Å². The third-order valence-corrected chi connectivity index (χ3v) is 4.39. The standard InChI is InChI=1S/C20H33N3O2.HI/c1-4-21-20(23-13-11-18(15-23)16-24-5-2)22-12-8-14-25-19-10-7-6-9-17(19)3;/h6-7,9-10,18H,4-5,8,11-16H2,1-3H3,(H,21,22);1H. The number of ether oxygens (including phenoxy) is 2. The molecule has 0 aromatic heterocycles. The van der Waals surface area contributed by atoms with E-state index in [1.165, 1.54) is 12.0 Å². The number of halogens is 1. The van der Waals surface area contributed by atoms with Crippen molar-refractivity contribution in [1.29, 1.82) is 0 Å². The van der Waals surface area contributed by atoms with Crippen LogP contribution < -0.4 is 10.1 Å². The van der Waals surface area contributed by atoms with Crippen molar-refractivity contribution in [3.05, 3.63) is 29.8 Å². The Bertz CT molecular complexity index is 540. The fraction of sp³-hybridized carbons (Fsp3) is 0.650. The van der Waals surface area contributed by atoms with Gasteiger partial charge < -0.3 is 19.7 Å². The molecule has 6 heteroatoms. The maximum atomic E-state index is 5.85. The molecule has 1 saturated heterocycles. The van der Waals surface area contributed by atoms with Crippen LogP contribution in [0.15, 0.2) is 29.3 Å². The first-order chi connectivity index (χ1) is 12.2. The van der Waals surface area contributed by atoms with Gasteiger partial charge in [-0.3, -0.25) is 4.99 Å². The molecule has 0 saturated carbocycles. The molecule has 148 valence electrons. The Morgan fingerprint density at radius 3 is 2.85 bits per heavy atom. The monoisotopic (exact) mass is 475 g/mol.